The van der Waals surface area contributed by atoms with E-state index in [1.54, 1.807) is 6.07 Å². The number of aromatic nitrogens is 1. The molecule has 7 heteroatoms. The molecule has 5 rings (SSSR count). The number of ether oxygens (including phenoxy) is 2. The van der Waals surface area contributed by atoms with E-state index in [1.165, 1.54) is 14.0 Å². The molecule has 182 valence electrons. The molecule has 1 fully saturated rings. The number of rotatable bonds is 7. The van der Waals surface area contributed by atoms with Crippen LogP contribution in [0.3, 0.4) is 0 Å². The van der Waals surface area contributed by atoms with Gasteiger partial charge in [-0.1, -0.05) is 48.5 Å². The molecule has 1 unspecified atom stereocenters. The van der Waals surface area contributed by atoms with Crippen molar-refractivity contribution in [2.75, 3.05) is 12.4 Å². The van der Waals surface area contributed by atoms with E-state index in [-0.39, 0.29) is 30.3 Å². The van der Waals surface area contributed by atoms with Crippen LogP contribution >= 0.6 is 0 Å². The lowest BCUT2D eigenvalue weighted by Gasteiger charge is -2.08. The number of aromatic amines is 1. The molecule has 1 aromatic heterocycles. The monoisotopic (exact) mass is 482 g/mol. The first kappa shape index (κ1) is 23.4. The second-order valence-corrected chi connectivity index (χ2v) is 8.99. The smallest absolute Gasteiger partial charge is 0.338 e. The minimum absolute atomic E-state index is 0.0658. The van der Waals surface area contributed by atoms with Gasteiger partial charge in [0.15, 0.2) is 0 Å². The summed E-state index contributed by atoms with van der Waals surface area (Å²) in [5, 5.41) is 3.67. The minimum Gasteiger partial charge on any atom is -0.465 e. The highest BCUT2D eigenvalue weighted by Gasteiger charge is 2.43. The molecule has 0 radical (unpaired) electrons. The van der Waals surface area contributed by atoms with Crippen molar-refractivity contribution in [1.82, 2.24) is 4.98 Å². The van der Waals surface area contributed by atoms with Gasteiger partial charge < -0.3 is 19.8 Å². The van der Waals surface area contributed by atoms with Crippen LogP contribution in [0.5, 0.6) is 0 Å². The van der Waals surface area contributed by atoms with Crippen LogP contribution in [-0.2, 0) is 25.7 Å². The van der Waals surface area contributed by atoms with Gasteiger partial charge in [0.1, 0.15) is 6.61 Å². The Morgan fingerprint density at radius 3 is 2.56 bits per heavy atom. The zero-order valence-corrected chi connectivity index (χ0v) is 20.0. The number of esters is 2. The summed E-state index contributed by atoms with van der Waals surface area (Å²) >= 11 is 0. The maximum atomic E-state index is 12.9. The van der Waals surface area contributed by atoms with Gasteiger partial charge in [0.05, 0.1) is 12.7 Å². The third kappa shape index (κ3) is 4.86. The number of H-pyrrole nitrogens is 1. The van der Waals surface area contributed by atoms with Crippen molar-refractivity contribution in [1.29, 1.82) is 0 Å². The fraction of sp³-hybridized carbons (Fsp3) is 0.207. The number of benzene rings is 3. The van der Waals surface area contributed by atoms with Crippen molar-refractivity contribution in [3.8, 4) is 11.3 Å². The van der Waals surface area contributed by atoms with Crippen molar-refractivity contribution in [2.45, 2.75) is 25.9 Å². The molecule has 1 saturated carbocycles. The second kappa shape index (κ2) is 9.70. The summed E-state index contributed by atoms with van der Waals surface area (Å²) in [7, 11) is 1.33. The lowest BCUT2D eigenvalue weighted by Crippen LogP contribution is -2.15. The predicted octanol–water partition coefficient (Wildman–Crippen LogP) is 5.43. The number of carbonyl (C=O) groups excluding carboxylic acids is 3. The number of amides is 1. The normalized spacial score (nSPS) is 16.4. The zero-order chi connectivity index (χ0) is 25.2. The topological polar surface area (TPSA) is 97.5 Å². The Morgan fingerprint density at radius 2 is 1.81 bits per heavy atom. The highest BCUT2D eigenvalue weighted by molar-refractivity contribution is 6.08. The van der Waals surface area contributed by atoms with E-state index < -0.39 is 5.97 Å². The summed E-state index contributed by atoms with van der Waals surface area (Å²) in [6.07, 6.45) is 0.804. The standard InChI is InChI=1S/C29H26N2O5/c1-17(32)36-16-18-7-6-10-20(11-18)26-15-23-25(29(34)35-2)12-21(13-27(23)31-26)30-28(33)24-14-22(24)19-8-4-3-5-9-19/h3-13,15,22,24,31H,14,16H2,1-2H3,(H,30,33)/t22-,24?/m0/s1. The van der Waals surface area contributed by atoms with Crippen LogP contribution in [0, 0.1) is 5.92 Å². The molecular weight excluding hydrogens is 456 g/mol. The van der Waals surface area contributed by atoms with Crippen LogP contribution in [0.2, 0.25) is 0 Å². The number of carbonyl (C=O) groups is 3. The predicted molar refractivity (Wildman–Crippen MR) is 136 cm³/mol. The van der Waals surface area contributed by atoms with Crippen LogP contribution in [-0.4, -0.2) is 29.9 Å². The first-order chi connectivity index (χ1) is 17.4. The lowest BCUT2D eigenvalue weighted by molar-refractivity contribution is -0.142. The summed E-state index contributed by atoms with van der Waals surface area (Å²) in [5.41, 5.74) is 5.26. The number of nitrogens with one attached hydrogen (secondary N) is 2. The highest BCUT2D eigenvalue weighted by Crippen LogP contribution is 2.48. The summed E-state index contributed by atoms with van der Waals surface area (Å²) in [6, 6.07) is 23.0. The fourth-order valence-corrected chi connectivity index (χ4v) is 4.55. The fourth-order valence-electron chi connectivity index (χ4n) is 4.55. The Morgan fingerprint density at radius 1 is 1.00 bits per heavy atom. The molecular formula is C29H26N2O5. The summed E-state index contributed by atoms with van der Waals surface area (Å²) in [4.78, 5) is 40.1. The van der Waals surface area contributed by atoms with E-state index in [0.29, 0.717) is 22.2 Å². The number of hydrogen-bond donors (Lipinski definition) is 2. The van der Waals surface area contributed by atoms with Gasteiger partial charge in [-0.2, -0.15) is 0 Å². The van der Waals surface area contributed by atoms with E-state index in [4.69, 9.17) is 9.47 Å². The van der Waals surface area contributed by atoms with Crippen LogP contribution in [0.1, 0.15) is 40.7 Å². The van der Waals surface area contributed by atoms with Gasteiger partial charge in [-0.3, -0.25) is 9.59 Å². The highest BCUT2D eigenvalue weighted by atomic mass is 16.5. The van der Waals surface area contributed by atoms with E-state index in [2.05, 4.69) is 10.3 Å². The van der Waals surface area contributed by atoms with Crippen molar-refractivity contribution in [3.05, 3.63) is 89.5 Å². The lowest BCUT2D eigenvalue weighted by atomic mass is 10.1. The number of hydrogen-bond acceptors (Lipinski definition) is 5. The van der Waals surface area contributed by atoms with Gasteiger partial charge in [-0.15, -0.1) is 0 Å². The molecule has 4 aromatic rings. The Bertz CT molecular complexity index is 1460. The Labute approximate surface area is 208 Å². The van der Waals surface area contributed by atoms with Gasteiger partial charge in [0.2, 0.25) is 5.91 Å². The van der Waals surface area contributed by atoms with Gasteiger partial charge in [0, 0.05) is 35.1 Å². The van der Waals surface area contributed by atoms with Crippen molar-refractivity contribution in [3.63, 3.8) is 0 Å². The van der Waals surface area contributed by atoms with Crippen molar-refractivity contribution < 1.29 is 23.9 Å². The molecule has 2 atom stereocenters. The van der Waals surface area contributed by atoms with Crippen LogP contribution in [0.4, 0.5) is 5.69 Å². The van der Waals surface area contributed by atoms with Crippen molar-refractivity contribution in [2.24, 2.45) is 5.92 Å². The third-order valence-corrected chi connectivity index (χ3v) is 6.45. The molecule has 2 N–H and O–H groups in total. The summed E-state index contributed by atoms with van der Waals surface area (Å²) in [6.45, 7) is 1.55. The average Bonchev–Trinajstić information content (AvgIpc) is 3.59. The molecule has 36 heavy (non-hydrogen) atoms. The van der Waals surface area contributed by atoms with Gasteiger partial charge in [-0.25, -0.2) is 4.79 Å². The molecule has 7 nitrogen and oxygen atoms in total. The molecule has 0 bridgehead atoms. The molecule has 0 aliphatic heterocycles. The molecule has 1 heterocycles. The van der Waals surface area contributed by atoms with Crippen molar-refractivity contribution >= 4 is 34.4 Å². The molecule has 3 aromatic carbocycles. The number of anilines is 1. The van der Waals surface area contributed by atoms with Gasteiger partial charge >= 0.3 is 11.9 Å². The maximum absolute atomic E-state index is 12.9. The van der Waals surface area contributed by atoms with Gasteiger partial charge in [-0.05, 0) is 53.3 Å². The first-order valence-electron chi connectivity index (χ1n) is 11.8. The molecule has 0 saturated heterocycles. The molecule has 0 spiro atoms. The SMILES string of the molecule is COC(=O)c1cc(NC(=O)C2C[C@H]2c2ccccc2)cc2[nH]c(-c3cccc(COC(C)=O)c3)cc12. The number of methoxy groups -OCH3 is 1. The zero-order valence-electron chi connectivity index (χ0n) is 20.0. The second-order valence-electron chi connectivity index (χ2n) is 8.99. The number of fused-ring (bicyclic) bond motifs is 1. The summed E-state index contributed by atoms with van der Waals surface area (Å²) in [5.74, 6) is -0.775. The van der Waals surface area contributed by atoms with E-state index in [9.17, 15) is 14.4 Å². The van der Waals surface area contributed by atoms with Crippen LogP contribution in [0.15, 0.2) is 72.8 Å². The van der Waals surface area contributed by atoms with Crippen LogP contribution < -0.4 is 5.32 Å². The summed E-state index contributed by atoms with van der Waals surface area (Å²) < 4.78 is 10.1. The Hall–Kier alpha value is -4.39. The molecule has 1 aliphatic rings. The minimum atomic E-state index is -0.487. The van der Waals surface area contributed by atoms with Gasteiger partial charge in [0.25, 0.3) is 0 Å². The average molecular weight is 483 g/mol. The van der Waals surface area contributed by atoms with E-state index in [0.717, 1.165) is 28.8 Å². The quantitative estimate of drug-likeness (QED) is 0.343. The van der Waals surface area contributed by atoms with Crippen LogP contribution in [0.25, 0.3) is 22.2 Å². The third-order valence-electron chi connectivity index (χ3n) is 6.45. The Balaban J connectivity index is 1.42. The van der Waals surface area contributed by atoms with E-state index in [1.807, 2.05) is 66.7 Å². The first-order valence-corrected chi connectivity index (χ1v) is 11.8. The molecule has 1 aliphatic carbocycles. The maximum Gasteiger partial charge on any atom is 0.338 e. The Kier molecular flexibility index (Phi) is 6.29. The van der Waals surface area contributed by atoms with E-state index >= 15 is 0 Å². The largest absolute Gasteiger partial charge is 0.465 e. The molecule has 1 amide bonds.